The number of para-hydroxylation sites is 1. The molecular formula is C17H23N3O2S. The number of benzene rings is 1. The Bertz CT molecular complexity index is 646. The number of carbonyl (C=O) groups is 2. The molecule has 2 amide bonds. The quantitative estimate of drug-likeness (QED) is 0.782. The van der Waals surface area contributed by atoms with Gasteiger partial charge in [0.05, 0.1) is 21.8 Å². The fourth-order valence-corrected chi connectivity index (χ4v) is 3.37. The molecule has 2 aromatic rings. The van der Waals surface area contributed by atoms with Gasteiger partial charge in [-0.15, -0.1) is 11.3 Å². The molecule has 23 heavy (non-hydrogen) atoms. The third-order valence-corrected chi connectivity index (χ3v) is 4.90. The van der Waals surface area contributed by atoms with Crippen LogP contribution in [0.25, 0.3) is 10.2 Å². The van der Waals surface area contributed by atoms with E-state index in [1.165, 1.54) is 4.90 Å². The van der Waals surface area contributed by atoms with Gasteiger partial charge in [-0.25, -0.2) is 4.98 Å². The van der Waals surface area contributed by atoms with Gasteiger partial charge in [0, 0.05) is 33.0 Å². The van der Waals surface area contributed by atoms with Crippen molar-refractivity contribution in [3.8, 4) is 0 Å². The second-order valence-electron chi connectivity index (χ2n) is 5.39. The number of hydrogen-bond donors (Lipinski definition) is 0. The molecule has 0 aliphatic heterocycles. The van der Waals surface area contributed by atoms with E-state index in [9.17, 15) is 9.59 Å². The van der Waals surface area contributed by atoms with E-state index < -0.39 is 0 Å². The molecule has 6 heteroatoms. The van der Waals surface area contributed by atoms with Gasteiger partial charge in [-0.05, 0) is 26.0 Å². The molecule has 0 saturated heterocycles. The van der Waals surface area contributed by atoms with Crippen molar-refractivity contribution in [3.05, 3.63) is 29.3 Å². The summed E-state index contributed by atoms with van der Waals surface area (Å²) in [5, 5.41) is 0.961. The largest absolute Gasteiger partial charge is 0.342 e. The van der Waals surface area contributed by atoms with E-state index in [1.54, 1.807) is 23.3 Å². The first-order valence-corrected chi connectivity index (χ1v) is 8.73. The van der Waals surface area contributed by atoms with E-state index in [4.69, 9.17) is 0 Å². The number of rotatable bonds is 7. The minimum atomic E-state index is -0.0234. The van der Waals surface area contributed by atoms with Crippen molar-refractivity contribution in [2.24, 2.45) is 0 Å². The maximum atomic E-state index is 12.2. The lowest BCUT2D eigenvalue weighted by Crippen LogP contribution is -2.41. The van der Waals surface area contributed by atoms with E-state index >= 15 is 0 Å². The van der Waals surface area contributed by atoms with Crippen molar-refractivity contribution < 1.29 is 9.59 Å². The molecule has 5 nitrogen and oxygen atoms in total. The molecule has 2 rings (SSSR count). The SMILES string of the molecule is CCN(CC)C(=O)CN(C)C(=O)CCc1nc2ccccc2s1. The number of carbonyl (C=O) groups excluding carboxylic acids is 2. The van der Waals surface area contributed by atoms with Gasteiger partial charge in [0.15, 0.2) is 0 Å². The Morgan fingerprint density at radius 3 is 2.48 bits per heavy atom. The van der Waals surface area contributed by atoms with Gasteiger partial charge in [-0.1, -0.05) is 12.1 Å². The number of aromatic nitrogens is 1. The van der Waals surface area contributed by atoms with Gasteiger partial charge in [0.2, 0.25) is 11.8 Å². The van der Waals surface area contributed by atoms with Crippen molar-refractivity contribution in [1.82, 2.24) is 14.8 Å². The minimum Gasteiger partial charge on any atom is -0.342 e. The Morgan fingerprint density at radius 2 is 1.83 bits per heavy atom. The first kappa shape index (κ1) is 17.4. The molecule has 0 aliphatic rings. The van der Waals surface area contributed by atoms with E-state index in [0.29, 0.717) is 25.9 Å². The Morgan fingerprint density at radius 1 is 1.13 bits per heavy atom. The molecule has 0 bridgehead atoms. The zero-order valence-corrected chi connectivity index (χ0v) is 14.7. The topological polar surface area (TPSA) is 53.5 Å². The predicted molar refractivity (Wildman–Crippen MR) is 93.5 cm³/mol. The molecule has 0 radical (unpaired) electrons. The zero-order chi connectivity index (χ0) is 16.8. The average molecular weight is 333 g/mol. The third-order valence-electron chi connectivity index (χ3n) is 3.81. The van der Waals surface area contributed by atoms with Crippen LogP contribution in [0.5, 0.6) is 0 Å². The number of hydrogen-bond acceptors (Lipinski definition) is 4. The van der Waals surface area contributed by atoms with Crippen LogP contribution in [0.2, 0.25) is 0 Å². The Balaban J connectivity index is 1.87. The fourth-order valence-electron chi connectivity index (χ4n) is 2.40. The van der Waals surface area contributed by atoms with E-state index in [0.717, 1.165) is 15.2 Å². The summed E-state index contributed by atoms with van der Waals surface area (Å²) in [6.45, 7) is 5.36. The molecule has 1 heterocycles. The van der Waals surface area contributed by atoms with Gasteiger partial charge >= 0.3 is 0 Å². The van der Waals surface area contributed by atoms with Gasteiger partial charge in [-0.2, -0.15) is 0 Å². The molecule has 0 unspecified atom stereocenters. The van der Waals surface area contributed by atoms with Crippen LogP contribution >= 0.6 is 11.3 Å². The molecule has 0 fully saturated rings. The zero-order valence-electron chi connectivity index (χ0n) is 13.9. The van der Waals surface area contributed by atoms with Gasteiger partial charge in [0.1, 0.15) is 0 Å². The molecule has 1 aromatic carbocycles. The molecule has 1 aromatic heterocycles. The Hall–Kier alpha value is -1.95. The highest BCUT2D eigenvalue weighted by molar-refractivity contribution is 7.18. The third kappa shape index (κ3) is 4.51. The Kier molecular flexibility index (Phi) is 6.10. The van der Waals surface area contributed by atoms with Crippen molar-refractivity contribution in [2.75, 3.05) is 26.7 Å². The maximum absolute atomic E-state index is 12.2. The molecule has 0 saturated carbocycles. The minimum absolute atomic E-state index is 0.00848. The van der Waals surface area contributed by atoms with E-state index in [1.807, 2.05) is 38.1 Å². The van der Waals surface area contributed by atoms with Crippen molar-refractivity contribution in [3.63, 3.8) is 0 Å². The first-order chi connectivity index (χ1) is 11.0. The number of thiazole rings is 1. The van der Waals surface area contributed by atoms with Crippen LogP contribution in [0.3, 0.4) is 0 Å². The number of nitrogens with zero attached hydrogens (tertiary/aromatic N) is 3. The average Bonchev–Trinajstić information content (AvgIpc) is 2.96. The van der Waals surface area contributed by atoms with Gasteiger partial charge in [-0.3, -0.25) is 9.59 Å². The Labute approximate surface area is 140 Å². The second-order valence-corrected chi connectivity index (χ2v) is 6.51. The van der Waals surface area contributed by atoms with Crippen molar-refractivity contribution >= 4 is 33.4 Å². The highest BCUT2D eigenvalue weighted by atomic mass is 32.1. The van der Waals surface area contributed by atoms with Crippen molar-refractivity contribution in [2.45, 2.75) is 26.7 Å². The molecular weight excluding hydrogens is 310 g/mol. The summed E-state index contributed by atoms with van der Waals surface area (Å²) in [5.41, 5.74) is 0.977. The first-order valence-electron chi connectivity index (χ1n) is 7.91. The standard InChI is InChI=1S/C17H23N3O2S/c1-4-20(5-2)17(22)12-19(3)16(21)11-10-15-18-13-8-6-7-9-14(13)23-15/h6-9H,4-5,10-12H2,1-3H3. The maximum Gasteiger partial charge on any atom is 0.242 e. The van der Waals surface area contributed by atoms with Crippen molar-refractivity contribution in [1.29, 1.82) is 0 Å². The molecule has 0 spiro atoms. The summed E-state index contributed by atoms with van der Waals surface area (Å²) >= 11 is 1.62. The van der Waals surface area contributed by atoms with Crippen LogP contribution in [0, 0.1) is 0 Å². The number of fused-ring (bicyclic) bond motifs is 1. The number of amides is 2. The summed E-state index contributed by atoms with van der Waals surface area (Å²) in [6.07, 6.45) is 0.990. The summed E-state index contributed by atoms with van der Waals surface area (Å²) < 4.78 is 1.14. The fraction of sp³-hybridized carbons (Fsp3) is 0.471. The number of aryl methyl sites for hydroxylation is 1. The summed E-state index contributed by atoms with van der Waals surface area (Å²) in [6, 6.07) is 7.96. The summed E-state index contributed by atoms with van der Waals surface area (Å²) in [5.74, 6) is -0.0319. The van der Waals surface area contributed by atoms with Crippen LogP contribution in [0.1, 0.15) is 25.3 Å². The van der Waals surface area contributed by atoms with Crippen LogP contribution in [-0.4, -0.2) is 53.3 Å². The highest BCUT2D eigenvalue weighted by Crippen LogP contribution is 2.22. The predicted octanol–water partition coefficient (Wildman–Crippen LogP) is 2.56. The van der Waals surface area contributed by atoms with Crippen LogP contribution in [0.4, 0.5) is 0 Å². The van der Waals surface area contributed by atoms with Crippen LogP contribution < -0.4 is 0 Å². The van der Waals surface area contributed by atoms with Crippen LogP contribution in [-0.2, 0) is 16.0 Å². The van der Waals surface area contributed by atoms with E-state index in [-0.39, 0.29) is 18.4 Å². The molecule has 0 aliphatic carbocycles. The summed E-state index contributed by atoms with van der Waals surface area (Å²) in [4.78, 5) is 32.0. The van der Waals surface area contributed by atoms with E-state index in [2.05, 4.69) is 4.98 Å². The van der Waals surface area contributed by atoms with Crippen LogP contribution in [0.15, 0.2) is 24.3 Å². The summed E-state index contributed by atoms with van der Waals surface area (Å²) in [7, 11) is 1.68. The smallest absolute Gasteiger partial charge is 0.242 e. The molecule has 124 valence electrons. The second kappa shape index (κ2) is 8.06. The number of likely N-dealkylation sites (N-methyl/N-ethyl adjacent to an activating group) is 2. The highest BCUT2D eigenvalue weighted by Gasteiger charge is 2.17. The monoisotopic (exact) mass is 333 g/mol. The lowest BCUT2D eigenvalue weighted by atomic mass is 10.3. The lowest BCUT2D eigenvalue weighted by Gasteiger charge is -2.23. The molecule has 0 N–H and O–H groups in total. The van der Waals surface area contributed by atoms with Gasteiger partial charge in [0.25, 0.3) is 0 Å². The van der Waals surface area contributed by atoms with Gasteiger partial charge < -0.3 is 9.80 Å². The molecule has 0 atom stereocenters. The lowest BCUT2D eigenvalue weighted by molar-refractivity contribution is -0.139. The normalized spacial score (nSPS) is 10.7.